The second-order valence-corrected chi connectivity index (χ2v) is 5.90. The third-order valence-corrected chi connectivity index (χ3v) is 3.67. The van der Waals surface area contributed by atoms with E-state index in [4.69, 9.17) is 4.74 Å². The minimum atomic E-state index is -0.210. The molecule has 0 bridgehead atoms. The molecule has 0 aliphatic carbocycles. The van der Waals surface area contributed by atoms with Crippen LogP contribution in [0.2, 0.25) is 0 Å². The Hall–Kier alpha value is -1.06. The van der Waals surface area contributed by atoms with Crippen molar-refractivity contribution in [1.29, 1.82) is 0 Å². The van der Waals surface area contributed by atoms with Gasteiger partial charge in [0.15, 0.2) is 0 Å². The first-order valence-corrected chi connectivity index (χ1v) is 9.13. The normalized spacial score (nSPS) is 10.5. The number of nitrogens with one attached hydrogen (secondary N) is 1. The van der Waals surface area contributed by atoms with Gasteiger partial charge in [0.05, 0.1) is 13.0 Å². The quantitative estimate of drug-likeness (QED) is 0.361. The van der Waals surface area contributed by atoms with Crippen molar-refractivity contribution in [2.24, 2.45) is 0 Å². The Morgan fingerprint density at radius 2 is 1.36 bits per heavy atom. The van der Waals surface area contributed by atoms with Gasteiger partial charge in [0.1, 0.15) is 0 Å². The predicted octanol–water partition coefficient (Wildman–Crippen LogP) is 4.37. The molecule has 0 aliphatic heterocycles. The van der Waals surface area contributed by atoms with E-state index in [0.717, 1.165) is 25.7 Å². The highest BCUT2D eigenvalue weighted by Gasteiger charge is 2.05. The fourth-order valence-electron chi connectivity index (χ4n) is 2.25. The Labute approximate surface area is 136 Å². The molecule has 0 saturated heterocycles. The van der Waals surface area contributed by atoms with E-state index >= 15 is 0 Å². The SMILES string of the molecule is CCCCCCCOC(=O)CCNC(=O)CCCCCCC. The van der Waals surface area contributed by atoms with Gasteiger partial charge in [-0.2, -0.15) is 0 Å². The Balaban J connectivity index is 3.34. The molecule has 0 atom stereocenters. The van der Waals surface area contributed by atoms with Crippen LogP contribution in [0.25, 0.3) is 0 Å². The Kier molecular flexibility index (Phi) is 15.5. The zero-order valence-corrected chi connectivity index (χ0v) is 14.6. The summed E-state index contributed by atoms with van der Waals surface area (Å²) in [7, 11) is 0. The third-order valence-electron chi connectivity index (χ3n) is 3.67. The predicted molar refractivity (Wildman–Crippen MR) is 90.7 cm³/mol. The molecule has 1 amide bonds. The largest absolute Gasteiger partial charge is 0.466 e. The van der Waals surface area contributed by atoms with Gasteiger partial charge in [-0.15, -0.1) is 0 Å². The van der Waals surface area contributed by atoms with Gasteiger partial charge in [-0.3, -0.25) is 9.59 Å². The monoisotopic (exact) mass is 313 g/mol. The lowest BCUT2D eigenvalue weighted by Crippen LogP contribution is -2.26. The van der Waals surface area contributed by atoms with Crippen molar-refractivity contribution in [2.75, 3.05) is 13.2 Å². The first-order chi connectivity index (χ1) is 10.7. The molecule has 0 unspecified atom stereocenters. The highest BCUT2D eigenvalue weighted by Crippen LogP contribution is 2.05. The number of ether oxygens (including phenoxy) is 1. The van der Waals surface area contributed by atoms with Crippen molar-refractivity contribution in [3.05, 3.63) is 0 Å². The fourth-order valence-corrected chi connectivity index (χ4v) is 2.25. The summed E-state index contributed by atoms with van der Waals surface area (Å²) in [6.07, 6.45) is 12.3. The summed E-state index contributed by atoms with van der Waals surface area (Å²) in [5.74, 6) is -0.164. The number of hydrogen-bond donors (Lipinski definition) is 1. The van der Waals surface area contributed by atoms with Crippen LogP contribution in [0.15, 0.2) is 0 Å². The van der Waals surface area contributed by atoms with Crippen molar-refractivity contribution < 1.29 is 14.3 Å². The fraction of sp³-hybridized carbons (Fsp3) is 0.889. The maximum atomic E-state index is 11.6. The molecule has 4 nitrogen and oxygen atoms in total. The molecule has 0 saturated carbocycles. The van der Waals surface area contributed by atoms with Gasteiger partial charge in [0.2, 0.25) is 5.91 Å². The van der Waals surface area contributed by atoms with E-state index in [9.17, 15) is 9.59 Å². The number of rotatable bonds is 15. The smallest absolute Gasteiger partial charge is 0.307 e. The van der Waals surface area contributed by atoms with Gasteiger partial charge in [-0.25, -0.2) is 0 Å². The molecule has 0 radical (unpaired) electrons. The Morgan fingerprint density at radius 3 is 2.00 bits per heavy atom. The molecule has 0 aromatic heterocycles. The summed E-state index contributed by atoms with van der Waals surface area (Å²) in [6.45, 7) is 5.26. The number of esters is 1. The molecule has 0 rings (SSSR count). The van der Waals surface area contributed by atoms with Gasteiger partial charge in [0, 0.05) is 13.0 Å². The maximum absolute atomic E-state index is 11.6. The molecular weight excluding hydrogens is 278 g/mol. The van der Waals surface area contributed by atoms with Crippen LogP contribution in [0, 0.1) is 0 Å². The molecule has 4 heteroatoms. The van der Waals surface area contributed by atoms with Crippen LogP contribution in [0.3, 0.4) is 0 Å². The number of amides is 1. The lowest BCUT2D eigenvalue weighted by atomic mass is 10.1. The van der Waals surface area contributed by atoms with Crippen LogP contribution in [0.4, 0.5) is 0 Å². The van der Waals surface area contributed by atoms with Crippen LogP contribution in [-0.2, 0) is 14.3 Å². The minimum absolute atomic E-state index is 0.0452. The first kappa shape index (κ1) is 20.9. The maximum Gasteiger partial charge on any atom is 0.307 e. The summed E-state index contributed by atoms with van der Waals surface area (Å²) >= 11 is 0. The van der Waals surface area contributed by atoms with Gasteiger partial charge in [-0.05, 0) is 12.8 Å². The lowest BCUT2D eigenvalue weighted by molar-refractivity contribution is -0.143. The highest BCUT2D eigenvalue weighted by atomic mass is 16.5. The number of carbonyl (C=O) groups is 2. The van der Waals surface area contributed by atoms with E-state index in [-0.39, 0.29) is 18.3 Å². The topological polar surface area (TPSA) is 55.4 Å². The zero-order chi connectivity index (χ0) is 16.5. The molecular formula is C18H35NO3. The number of unbranched alkanes of at least 4 members (excludes halogenated alkanes) is 8. The number of carbonyl (C=O) groups excluding carboxylic acids is 2. The van der Waals surface area contributed by atoms with Crippen LogP contribution in [-0.4, -0.2) is 25.0 Å². The minimum Gasteiger partial charge on any atom is -0.466 e. The standard InChI is InChI=1S/C18H35NO3/c1-3-5-7-9-11-13-17(20)19-15-14-18(21)22-16-12-10-8-6-4-2/h3-16H2,1-2H3,(H,19,20). The van der Waals surface area contributed by atoms with Gasteiger partial charge in [0.25, 0.3) is 0 Å². The molecule has 0 spiro atoms. The van der Waals surface area contributed by atoms with E-state index in [1.54, 1.807) is 0 Å². The molecule has 0 aliphatic rings. The Morgan fingerprint density at radius 1 is 0.773 bits per heavy atom. The van der Waals surface area contributed by atoms with Crippen LogP contribution < -0.4 is 5.32 Å². The van der Waals surface area contributed by atoms with E-state index < -0.39 is 0 Å². The first-order valence-electron chi connectivity index (χ1n) is 9.13. The molecule has 0 aromatic rings. The molecule has 0 fully saturated rings. The van der Waals surface area contributed by atoms with E-state index in [1.165, 1.54) is 38.5 Å². The second-order valence-electron chi connectivity index (χ2n) is 5.90. The van der Waals surface area contributed by atoms with Crippen LogP contribution in [0.1, 0.15) is 90.9 Å². The van der Waals surface area contributed by atoms with E-state index in [0.29, 0.717) is 19.6 Å². The van der Waals surface area contributed by atoms with Crippen molar-refractivity contribution in [3.8, 4) is 0 Å². The Bertz CT molecular complexity index is 280. The van der Waals surface area contributed by atoms with Crippen LogP contribution in [0.5, 0.6) is 0 Å². The number of hydrogen-bond acceptors (Lipinski definition) is 3. The zero-order valence-electron chi connectivity index (χ0n) is 14.6. The van der Waals surface area contributed by atoms with Gasteiger partial charge >= 0.3 is 5.97 Å². The molecule has 1 N–H and O–H groups in total. The van der Waals surface area contributed by atoms with Crippen molar-refractivity contribution in [1.82, 2.24) is 5.32 Å². The summed E-state index contributed by atoms with van der Waals surface area (Å²) in [4.78, 5) is 23.0. The van der Waals surface area contributed by atoms with Gasteiger partial charge < -0.3 is 10.1 Å². The summed E-state index contributed by atoms with van der Waals surface area (Å²) in [5.41, 5.74) is 0. The average molecular weight is 313 g/mol. The van der Waals surface area contributed by atoms with Crippen molar-refractivity contribution >= 4 is 11.9 Å². The summed E-state index contributed by atoms with van der Waals surface area (Å²) < 4.78 is 5.14. The summed E-state index contributed by atoms with van der Waals surface area (Å²) in [6, 6.07) is 0. The molecule has 130 valence electrons. The summed E-state index contributed by atoms with van der Waals surface area (Å²) in [5, 5.41) is 2.78. The van der Waals surface area contributed by atoms with Crippen molar-refractivity contribution in [2.45, 2.75) is 90.9 Å². The van der Waals surface area contributed by atoms with E-state index in [1.807, 2.05) is 0 Å². The van der Waals surface area contributed by atoms with Crippen LogP contribution >= 0.6 is 0 Å². The highest BCUT2D eigenvalue weighted by molar-refractivity contribution is 5.76. The second kappa shape index (κ2) is 16.3. The molecule has 0 aromatic carbocycles. The molecule has 22 heavy (non-hydrogen) atoms. The third kappa shape index (κ3) is 15.3. The average Bonchev–Trinajstić information content (AvgIpc) is 2.50. The lowest BCUT2D eigenvalue weighted by Gasteiger charge is -2.06. The van der Waals surface area contributed by atoms with Gasteiger partial charge in [-0.1, -0.05) is 65.2 Å². The molecule has 0 heterocycles. The van der Waals surface area contributed by atoms with Crippen molar-refractivity contribution in [3.63, 3.8) is 0 Å². The van der Waals surface area contributed by atoms with E-state index in [2.05, 4.69) is 19.2 Å².